The minimum absolute atomic E-state index is 0.00168. The maximum Gasteiger partial charge on any atom is 0.254 e. The van der Waals surface area contributed by atoms with Gasteiger partial charge in [-0.1, -0.05) is 44.5 Å². The van der Waals surface area contributed by atoms with Gasteiger partial charge in [-0.3, -0.25) is 19.3 Å². The first-order chi connectivity index (χ1) is 14.1. The molecule has 1 aliphatic rings. The largest absolute Gasteiger partial charge is 0.332 e. The lowest BCUT2D eigenvalue weighted by Gasteiger charge is -2.23. The summed E-state index contributed by atoms with van der Waals surface area (Å²) in [5, 5.41) is 0.578. The van der Waals surface area contributed by atoms with E-state index >= 15 is 0 Å². The van der Waals surface area contributed by atoms with Crippen molar-refractivity contribution in [2.24, 2.45) is 0 Å². The molecule has 7 heteroatoms. The van der Waals surface area contributed by atoms with E-state index in [-0.39, 0.29) is 42.9 Å². The molecule has 0 spiro atoms. The van der Waals surface area contributed by atoms with Crippen molar-refractivity contribution >= 4 is 35.0 Å². The number of hydrogen-bond acceptors (Lipinski definition) is 3. The highest BCUT2D eigenvalue weighted by Crippen LogP contribution is 2.23. The van der Waals surface area contributed by atoms with Crippen molar-refractivity contribution in [3.8, 4) is 0 Å². The molecule has 30 heavy (non-hydrogen) atoms. The third-order valence-electron chi connectivity index (χ3n) is 5.15. The summed E-state index contributed by atoms with van der Waals surface area (Å²) in [5.41, 5.74) is 2.35. The minimum Gasteiger partial charge on any atom is -0.332 e. The van der Waals surface area contributed by atoms with Crippen LogP contribution in [-0.2, 0) is 15.0 Å². The molecule has 1 heterocycles. The minimum atomic E-state index is -0.276. The quantitative estimate of drug-likeness (QED) is 0.749. The van der Waals surface area contributed by atoms with E-state index in [1.165, 1.54) is 14.7 Å². The van der Waals surface area contributed by atoms with E-state index in [4.69, 9.17) is 11.6 Å². The van der Waals surface area contributed by atoms with Crippen LogP contribution in [0.25, 0.3) is 0 Å². The molecule has 0 N–H and O–H groups in total. The number of nitrogens with zero attached hydrogens (tertiary/aromatic N) is 3. The summed E-state index contributed by atoms with van der Waals surface area (Å²) in [5.74, 6) is -0.678. The molecule has 0 aliphatic carbocycles. The lowest BCUT2D eigenvalue weighted by atomic mass is 9.86. The maximum atomic E-state index is 12.7. The second-order valence-electron chi connectivity index (χ2n) is 8.52. The van der Waals surface area contributed by atoms with Crippen LogP contribution in [0.2, 0.25) is 5.02 Å². The van der Waals surface area contributed by atoms with Gasteiger partial charge in [0.25, 0.3) is 5.91 Å². The van der Waals surface area contributed by atoms with Gasteiger partial charge in [0.15, 0.2) is 0 Å². The van der Waals surface area contributed by atoms with Gasteiger partial charge >= 0.3 is 0 Å². The highest BCUT2D eigenvalue weighted by Gasteiger charge is 2.32. The molecule has 1 fully saturated rings. The number of rotatable bonds is 4. The van der Waals surface area contributed by atoms with E-state index in [1.54, 1.807) is 43.4 Å². The summed E-state index contributed by atoms with van der Waals surface area (Å²) < 4.78 is 0. The summed E-state index contributed by atoms with van der Waals surface area (Å²) in [4.78, 5) is 42.1. The molecule has 1 aliphatic heterocycles. The molecule has 0 aromatic heterocycles. The monoisotopic (exact) mass is 427 g/mol. The second-order valence-corrected chi connectivity index (χ2v) is 8.96. The number of carbonyl (C=O) groups is 3. The summed E-state index contributed by atoms with van der Waals surface area (Å²) in [7, 11) is 1.59. The van der Waals surface area contributed by atoms with Gasteiger partial charge in [0.1, 0.15) is 13.2 Å². The summed E-state index contributed by atoms with van der Waals surface area (Å²) in [6.07, 6.45) is 0. The molecule has 158 valence electrons. The van der Waals surface area contributed by atoms with Crippen molar-refractivity contribution in [1.29, 1.82) is 0 Å². The number of halogens is 1. The van der Waals surface area contributed by atoms with Crippen LogP contribution in [0.1, 0.15) is 36.7 Å². The van der Waals surface area contributed by atoms with Crippen molar-refractivity contribution in [1.82, 2.24) is 9.80 Å². The predicted molar refractivity (Wildman–Crippen MR) is 118 cm³/mol. The van der Waals surface area contributed by atoms with Gasteiger partial charge in [0.05, 0.1) is 6.54 Å². The fraction of sp³-hybridized carbons (Fsp3) is 0.348. The first-order valence-corrected chi connectivity index (χ1v) is 10.1. The zero-order valence-electron chi connectivity index (χ0n) is 17.7. The zero-order valence-corrected chi connectivity index (χ0v) is 18.4. The topological polar surface area (TPSA) is 60.9 Å². The summed E-state index contributed by atoms with van der Waals surface area (Å²) >= 11 is 5.90. The Morgan fingerprint density at radius 3 is 2.20 bits per heavy atom. The van der Waals surface area contributed by atoms with Gasteiger partial charge < -0.3 is 9.80 Å². The van der Waals surface area contributed by atoms with Crippen LogP contribution in [0.5, 0.6) is 0 Å². The molecule has 1 saturated heterocycles. The van der Waals surface area contributed by atoms with Crippen LogP contribution in [0.4, 0.5) is 5.69 Å². The highest BCUT2D eigenvalue weighted by atomic mass is 35.5. The summed E-state index contributed by atoms with van der Waals surface area (Å²) in [6, 6.07) is 14.3. The molecule has 0 saturated carbocycles. The third kappa shape index (κ3) is 4.82. The highest BCUT2D eigenvalue weighted by molar-refractivity contribution is 6.30. The molecule has 2 aromatic carbocycles. The van der Waals surface area contributed by atoms with Crippen molar-refractivity contribution in [3.63, 3.8) is 0 Å². The fourth-order valence-electron chi connectivity index (χ4n) is 3.27. The van der Waals surface area contributed by atoms with Crippen LogP contribution in [0, 0.1) is 0 Å². The number of amides is 3. The molecule has 0 unspecified atom stereocenters. The summed E-state index contributed by atoms with van der Waals surface area (Å²) in [6.45, 7) is 6.38. The Morgan fingerprint density at radius 2 is 1.63 bits per heavy atom. The van der Waals surface area contributed by atoms with Crippen LogP contribution in [-0.4, -0.2) is 54.3 Å². The van der Waals surface area contributed by atoms with Gasteiger partial charge in [0.2, 0.25) is 11.8 Å². The molecule has 0 bridgehead atoms. The smallest absolute Gasteiger partial charge is 0.254 e. The Labute approximate surface area is 182 Å². The third-order valence-corrected chi connectivity index (χ3v) is 5.40. The zero-order chi connectivity index (χ0) is 22.1. The molecule has 6 nitrogen and oxygen atoms in total. The van der Waals surface area contributed by atoms with Crippen LogP contribution in [0.15, 0.2) is 48.5 Å². The molecule has 2 aromatic rings. The Balaban J connectivity index is 1.62. The first-order valence-electron chi connectivity index (χ1n) is 9.76. The molecule has 0 radical (unpaired) electrons. The van der Waals surface area contributed by atoms with Gasteiger partial charge in [-0.25, -0.2) is 0 Å². The van der Waals surface area contributed by atoms with Gasteiger partial charge in [-0.15, -0.1) is 0 Å². The van der Waals surface area contributed by atoms with Crippen molar-refractivity contribution in [2.75, 3.05) is 31.7 Å². The van der Waals surface area contributed by atoms with Crippen molar-refractivity contribution in [2.45, 2.75) is 26.2 Å². The predicted octanol–water partition coefficient (Wildman–Crippen LogP) is 3.54. The lowest BCUT2D eigenvalue weighted by Crippen LogP contribution is -2.41. The Kier molecular flexibility index (Phi) is 6.17. The van der Waals surface area contributed by atoms with E-state index in [2.05, 4.69) is 20.8 Å². The fourth-order valence-corrected chi connectivity index (χ4v) is 3.40. The SMILES string of the molecule is CN(CC(=O)N1CC(=O)N(c2ccc(Cl)cc2)C1)C(=O)c1ccc(C(C)(C)C)cc1. The Bertz CT molecular complexity index is 949. The standard InChI is InChI=1S/C23H26ClN3O3/c1-23(2,3)17-7-5-16(6-8-17)22(30)25(4)13-20(28)26-14-21(29)27(15-26)19-11-9-18(24)10-12-19/h5-12H,13-15H2,1-4H3. The van der Waals surface area contributed by atoms with Gasteiger partial charge in [0, 0.05) is 23.3 Å². The average Bonchev–Trinajstić information content (AvgIpc) is 3.09. The van der Waals surface area contributed by atoms with Gasteiger partial charge in [-0.2, -0.15) is 0 Å². The maximum absolute atomic E-state index is 12.7. The van der Waals surface area contributed by atoms with E-state index in [0.29, 0.717) is 16.3 Å². The Morgan fingerprint density at radius 1 is 1.03 bits per heavy atom. The number of anilines is 1. The number of likely N-dealkylation sites (N-methyl/N-ethyl adjacent to an activating group) is 1. The first kappa shape index (κ1) is 21.8. The van der Waals surface area contributed by atoms with Crippen LogP contribution < -0.4 is 4.90 Å². The molecular weight excluding hydrogens is 402 g/mol. The van der Waals surface area contributed by atoms with Crippen molar-refractivity contribution < 1.29 is 14.4 Å². The van der Waals surface area contributed by atoms with Crippen LogP contribution >= 0.6 is 11.6 Å². The average molecular weight is 428 g/mol. The van der Waals surface area contributed by atoms with E-state index in [1.807, 2.05) is 12.1 Å². The molecular formula is C23H26ClN3O3. The number of hydrogen-bond donors (Lipinski definition) is 0. The second kappa shape index (κ2) is 8.48. The van der Waals surface area contributed by atoms with E-state index < -0.39 is 0 Å². The lowest BCUT2D eigenvalue weighted by molar-refractivity contribution is -0.132. The van der Waals surface area contributed by atoms with Crippen LogP contribution in [0.3, 0.4) is 0 Å². The van der Waals surface area contributed by atoms with Gasteiger partial charge in [-0.05, 0) is 47.4 Å². The molecule has 3 rings (SSSR count). The molecule has 0 atom stereocenters. The normalized spacial score (nSPS) is 14.2. The van der Waals surface area contributed by atoms with E-state index in [9.17, 15) is 14.4 Å². The van der Waals surface area contributed by atoms with E-state index in [0.717, 1.165) is 5.56 Å². The molecule has 3 amide bonds. The number of carbonyl (C=O) groups excluding carboxylic acids is 3. The van der Waals surface area contributed by atoms with Crippen molar-refractivity contribution in [3.05, 3.63) is 64.7 Å². The Hall–Kier alpha value is -2.86. The number of benzene rings is 2.